The van der Waals surface area contributed by atoms with E-state index in [0.717, 1.165) is 10.6 Å². The van der Waals surface area contributed by atoms with Crippen LogP contribution >= 0.6 is 11.3 Å². The van der Waals surface area contributed by atoms with E-state index in [1.165, 1.54) is 15.6 Å². The number of amides is 2. The second-order valence-corrected chi connectivity index (χ2v) is 8.00. The van der Waals surface area contributed by atoms with Gasteiger partial charge in [-0.3, -0.25) is 0 Å². The number of aryl methyl sites for hydroxylation is 1. The van der Waals surface area contributed by atoms with Crippen molar-refractivity contribution in [2.45, 2.75) is 20.4 Å². The number of hydrogen-bond acceptors (Lipinski definition) is 5. The van der Waals surface area contributed by atoms with E-state index in [1.54, 1.807) is 17.3 Å². The maximum absolute atomic E-state index is 12.1. The summed E-state index contributed by atoms with van der Waals surface area (Å²) in [6.45, 7) is 5.58. The molecule has 1 saturated heterocycles. The second kappa shape index (κ2) is 6.71. The number of sulfonamides is 1. The van der Waals surface area contributed by atoms with Crippen molar-refractivity contribution in [2.75, 3.05) is 31.9 Å². The van der Waals surface area contributed by atoms with Crippen molar-refractivity contribution in [3.8, 4) is 0 Å². The van der Waals surface area contributed by atoms with Crippen LogP contribution in [0.3, 0.4) is 0 Å². The minimum Gasteiger partial charge on any atom is -0.333 e. The van der Waals surface area contributed by atoms with Crippen molar-refractivity contribution in [1.29, 1.82) is 0 Å². The van der Waals surface area contributed by atoms with Gasteiger partial charge in [0.1, 0.15) is 0 Å². The van der Waals surface area contributed by atoms with Gasteiger partial charge in [-0.2, -0.15) is 4.31 Å². The van der Waals surface area contributed by atoms with E-state index < -0.39 is 10.0 Å². The van der Waals surface area contributed by atoms with Crippen LogP contribution < -0.4 is 5.32 Å². The SMILES string of the molecule is CCS(=O)(=O)N1CCN(C(=O)NCc2scnc2C)CC1. The lowest BCUT2D eigenvalue weighted by molar-refractivity contribution is 0.172. The Hall–Kier alpha value is -1.19. The van der Waals surface area contributed by atoms with E-state index in [2.05, 4.69) is 10.3 Å². The molecule has 1 aromatic heterocycles. The molecule has 2 rings (SSSR count). The van der Waals surface area contributed by atoms with Gasteiger partial charge in [0.25, 0.3) is 0 Å². The highest BCUT2D eigenvalue weighted by atomic mass is 32.2. The number of nitrogens with one attached hydrogen (secondary N) is 1. The fraction of sp³-hybridized carbons (Fsp3) is 0.667. The number of thiazole rings is 1. The summed E-state index contributed by atoms with van der Waals surface area (Å²) in [6.07, 6.45) is 0. The number of rotatable bonds is 4. The van der Waals surface area contributed by atoms with Crippen LogP contribution in [0, 0.1) is 6.92 Å². The number of nitrogens with zero attached hydrogens (tertiary/aromatic N) is 3. The van der Waals surface area contributed by atoms with E-state index in [0.29, 0.717) is 32.7 Å². The molecule has 2 heterocycles. The first-order valence-corrected chi connectivity index (χ1v) is 9.32. The standard InChI is InChI=1S/C12H20N4O3S2/c1-3-21(18,19)16-6-4-15(5-7-16)12(17)13-8-11-10(2)14-9-20-11/h9H,3-8H2,1-2H3,(H,13,17). The summed E-state index contributed by atoms with van der Waals surface area (Å²) >= 11 is 1.51. The number of urea groups is 1. The lowest BCUT2D eigenvalue weighted by atomic mass is 10.3. The Balaban J connectivity index is 1.82. The molecule has 0 spiro atoms. The van der Waals surface area contributed by atoms with Gasteiger partial charge in [-0.1, -0.05) is 0 Å². The lowest BCUT2D eigenvalue weighted by Crippen LogP contribution is -2.53. The van der Waals surface area contributed by atoms with Crippen LogP contribution in [0.1, 0.15) is 17.5 Å². The van der Waals surface area contributed by atoms with E-state index in [-0.39, 0.29) is 11.8 Å². The highest BCUT2D eigenvalue weighted by molar-refractivity contribution is 7.89. The van der Waals surface area contributed by atoms with Crippen LogP contribution in [-0.2, 0) is 16.6 Å². The number of carbonyl (C=O) groups excluding carboxylic acids is 1. The van der Waals surface area contributed by atoms with E-state index in [1.807, 2.05) is 6.92 Å². The van der Waals surface area contributed by atoms with Crippen LogP contribution in [0.4, 0.5) is 4.79 Å². The third-order valence-corrected chi connectivity index (χ3v) is 6.35. The molecule has 7 nitrogen and oxygen atoms in total. The van der Waals surface area contributed by atoms with Crippen molar-refractivity contribution in [2.24, 2.45) is 0 Å². The summed E-state index contributed by atoms with van der Waals surface area (Å²) in [7, 11) is -3.16. The van der Waals surface area contributed by atoms with Gasteiger partial charge >= 0.3 is 6.03 Å². The number of piperazine rings is 1. The van der Waals surface area contributed by atoms with Crippen LogP contribution in [0.2, 0.25) is 0 Å². The smallest absolute Gasteiger partial charge is 0.317 e. The molecular weight excluding hydrogens is 312 g/mol. The van der Waals surface area contributed by atoms with Crippen LogP contribution in [0.15, 0.2) is 5.51 Å². The predicted molar refractivity (Wildman–Crippen MR) is 81.7 cm³/mol. The zero-order valence-corrected chi connectivity index (χ0v) is 13.8. The highest BCUT2D eigenvalue weighted by Crippen LogP contribution is 2.12. The maximum atomic E-state index is 12.1. The van der Waals surface area contributed by atoms with Crippen molar-refractivity contribution in [3.63, 3.8) is 0 Å². The van der Waals surface area contributed by atoms with Crippen LogP contribution in [0.25, 0.3) is 0 Å². The average Bonchev–Trinajstić information content (AvgIpc) is 2.90. The second-order valence-electron chi connectivity index (χ2n) is 4.81. The molecule has 9 heteroatoms. The molecule has 0 atom stereocenters. The van der Waals surface area contributed by atoms with Crippen molar-refractivity contribution in [3.05, 3.63) is 16.1 Å². The van der Waals surface area contributed by atoms with Gasteiger partial charge in [0.15, 0.2) is 0 Å². The van der Waals surface area contributed by atoms with Crippen molar-refractivity contribution >= 4 is 27.4 Å². The highest BCUT2D eigenvalue weighted by Gasteiger charge is 2.27. The van der Waals surface area contributed by atoms with E-state index in [4.69, 9.17) is 0 Å². The predicted octanol–water partition coefficient (Wildman–Crippen LogP) is 0.628. The zero-order chi connectivity index (χ0) is 15.5. The Morgan fingerprint density at radius 2 is 2.05 bits per heavy atom. The normalized spacial score (nSPS) is 17.0. The van der Waals surface area contributed by atoms with Gasteiger partial charge in [0, 0.05) is 31.1 Å². The number of hydrogen-bond donors (Lipinski definition) is 1. The Kier molecular flexibility index (Phi) is 5.17. The molecule has 0 aliphatic carbocycles. The molecule has 0 radical (unpaired) electrons. The summed E-state index contributed by atoms with van der Waals surface area (Å²) in [5, 5.41) is 2.85. The summed E-state index contributed by atoms with van der Waals surface area (Å²) in [5.41, 5.74) is 2.68. The monoisotopic (exact) mass is 332 g/mol. The van der Waals surface area contributed by atoms with E-state index >= 15 is 0 Å². The summed E-state index contributed by atoms with van der Waals surface area (Å²) in [5.74, 6) is 0.101. The molecule has 1 aliphatic heterocycles. The molecule has 1 N–H and O–H groups in total. The van der Waals surface area contributed by atoms with Crippen molar-refractivity contribution < 1.29 is 13.2 Å². The first kappa shape index (κ1) is 16.2. The Bertz CT molecular complexity index is 591. The Morgan fingerprint density at radius 1 is 1.38 bits per heavy atom. The van der Waals surface area contributed by atoms with E-state index in [9.17, 15) is 13.2 Å². The molecule has 2 amide bonds. The fourth-order valence-electron chi connectivity index (χ4n) is 2.12. The summed E-state index contributed by atoms with van der Waals surface area (Å²) < 4.78 is 25.0. The van der Waals surface area contributed by atoms with Crippen molar-refractivity contribution in [1.82, 2.24) is 19.5 Å². The lowest BCUT2D eigenvalue weighted by Gasteiger charge is -2.33. The quantitative estimate of drug-likeness (QED) is 0.876. The number of aromatic nitrogens is 1. The molecule has 1 aliphatic rings. The zero-order valence-electron chi connectivity index (χ0n) is 12.2. The first-order valence-electron chi connectivity index (χ1n) is 6.83. The third kappa shape index (κ3) is 3.92. The average molecular weight is 332 g/mol. The maximum Gasteiger partial charge on any atom is 0.317 e. The van der Waals surface area contributed by atoms with Crippen LogP contribution in [0.5, 0.6) is 0 Å². The molecule has 1 fully saturated rings. The van der Waals surface area contributed by atoms with Gasteiger partial charge in [-0.15, -0.1) is 11.3 Å². The largest absolute Gasteiger partial charge is 0.333 e. The third-order valence-electron chi connectivity index (χ3n) is 3.53. The Morgan fingerprint density at radius 3 is 2.57 bits per heavy atom. The Labute approximate surface area is 129 Å². The molecule has 1 aromatic rings. The minimum absolute atomic E-state index is 0.101. The molecule has 118 valence electrons. The first-order chi connectivity index (χ1) is 9.94. The number of carbonyl (C=O) groups is 1. The summed E-state index contributed by atoms with van der Waals surface area (Å²) in [4.78, 5) is 18.9. The van der Waals surface area contributed by atoms with Gasteiger partial charge in [0.05, 0.1) is 23.5 Å². The van der Waals surface area contributed by atoms with Crippen LogP contribution in [-0.4, -0.2) is 60.6 Å². The topological polar surface area (TPSA) is 82.6 Å². The molecule has 0 saturated carbocycles. The minimum atomic E-state index is -3.16. The van der Waals surface area contributed by atoms with Gasteiger partial charge in [0.2, 0.25) is 10.0 Å². The van der Waals surface area contributed by atoms with Gasteiger partial charge in [-0.05, 0) is 13.8 Å². The summed E-state index contributed by atoms with van der Waals surface area (Å²) in [6, 6.07) is -0.156. The fourth-order valence-corrected chi connectivity index (χ4v) is 3.92. The molecule has 0 aromatic carbocycles. The molecular formula is C12H20N4O3S2. The van der Waals surface area contributed by atoms with Gasteiger partial charge < -0.3 is 10.2 Å². The molecule has 0 bridgehead atoms. The molecule has 0 unspecified atom stereocenters. The molecule has 21 heavy (non-hydrogen) atoms. The van der Waals surface area contributed by atoms with Gasteiger partial charge in [-0.25, -0.2) is 18.2 Å².